The number of aryl methyl sites for hydroxylation is 3. The Labute approximate surface area is 161 Å². The Morgan fingerprint density at radius 3 is 3.00 bits per heavy atom. The molecule has 2 amide bonds. The fourth-order valence-corrected chi connectivity index (χ4v) is 3.27. The summed E-state index contributed by atoms with van der Waals surface area (Å²) in [5, 5.41) is 10.2. The van der Waals surface area contributed by atoms with Gasteiger partial charge in [0.1, 0.15) is 12.4 Å². The second kappa shape index (κ2) is 7.30. The van der Waals surface area contributed by atoms with E-state index in [9.17, 15) is 9.59 Å². The van der Waals surface area contributed by atoms with Crippen molar-refractivity contribution in [2.24, 2.45) is 0 Å². The minimum Gasteiger partial charge on any atom is -0.492 e. The first-order chi connectivity index (χ1) is 13.5. The van der Waals surface area contributed by atoms with Crippen molar-refractivity contribution >= 4 is 28.6 Å². The lowest BCUT2D eigenvalue weighted by molar-refractivity contribution is -0.116. The molecule has 0 bridgehead atoms. The van der Waals surface area contributed by atoms with Crippen molar-refractivity contribution in [2.45, 2.75) is 26.7 Å². The highest BCUT2D eigenvalue weighted by atomic mass is 16.5. The summed E-state index contributed by atoms with van der Waals surface area (Å²) in [6.45, 7) is 4.25. The lowest BCUT2D eigenvalue weighted by Gasteiger charge is -2.17. The molecule has 1 aliphatic rings. The number of carbonyl (C=O) groups excluding carboxylic acids is 2. The Hall–Kier alpha value is -3.42. The van der Waals surface area contributed by atoms with E-state index in [2.05, 4.69) is 20.8 Å². The molecule has 4 rings (SSSR count). The summed E-state index contributed by atoms with van der Waals surface area (Å²) in [6.07, 6.45) is 1.18. The second-order valence-electron chi connectivity index (χ2n) is 6.73. The molecule has 0 saturated carbocycles. The highest BCUT2D eigenvalue weighted by Gasteiger charge is 2.18. The third-order valence-corrected chi connectivity index (χ3v) is 4.62. The van der Waals surface area contributed by atoms with Crippen LogP contribution >= 0.6 is 0 Å². The molecule has 0 fully saturated rings. The molecule has 0 radical (unpaired) electrons. The van der Waals surface area contributed by atoms with Crippen LogP contribution in [0.1, 0.15) is 33.7 Å². The first-order valence-electron chi connectivity index (χ1n) is 9.08. The van der Waals surface area contributed by atoms with E-state index in [0.29, 0.717) is 59.8 Å². The van der Waals surface area contributed by atoms with Crippen LogP contribution in [0.25, 0.3) is 11.1 Å². The standard InChI is InChI=1S/C20H20N4O4/c1-11-9-15(18-12(2)24-28-20(18)22-11)19(26)21-7-8-27-14-4-5-16-13(10-14)3-6-17(25)23-16/h4-5,9-10H,3,6-8H2,1-2H3,(H,21,26)(H,23,25). The minimum atomic E-state index is -0.224. The number of nitrogens with zero attached hydrogens (tertiary/aromatic N) is 2. The number of hydrogen-bond donors (Lipinski definition) is 2. The molecule has 1 aromatic carbocycles. The van der Waals surface area contributed by atoms with Crippen molar-refractivity contribution in [2.75, 3.05) is 18.5 Å². The SMILES string of the molecule is Cc1cc(C(=O)NCCOc2ccc3c(c2)CCC(=O)N3)c2c(C)noc2n1. The number of fused-ring (bicyclic) bond motifs is 2. The Morgan fingerprint density at radius 1 is 1.29 bits per heavy atom. The summed E-state index contributed by atoms with van der Waals surface area (Å²) in [5.74, 6) is 0.520. The number of rotatable bonds is 5. The lowest BCUT2D eigenvalue weighted by atomic mass is 10.0. The number of anilines is 1. The van der Waals surface area contributed by atoms with Gasteiger partial charge in [0.05, 0.1) is 23.2 Å². The van der Waals surface area contributed by atoms with E-state index in [1.165, 1.54) is 0 Å². The van der Waals surface area contributed by atoms with Crippen LogP contribution in [-0.2, 0) is 11.2 Å². The van der Waals surface area contributed by atoms with E-state index in [0.717, 1.165) is 11.3 Å². The van der Waals surface area contributed by atoms with E-state index in [1.807, 2.05) is 18.2 Å². The molecule has 3 aromatic rings. The zero-order valence-electron chi connectivity index (χ0n) is 15.7. The van der Waals surface area contributed by atoms with E-state index in [1.54, 1.807) is 19.9 Å². The smallest absolute Gasteiger partial charge is 0.258 e. The number of aromatic nitrogens is 2. The van der Waals surface area contributed by atoms with Gasteiger partial charge in [0.2, 0.25) is 5.91 Å². The van der Waals surface area contributed by atoms with Crippen molar-refractivity contribution < 1.29 is 18.8 Å². The van der Waals surface area contributed by atoms with Gasteiger partial charge in [-0.3, -0.25) is 9.59 Å². The summed E-state index contributed by atoms with van der Waals surface area (Å²) in [4.78, 5) is 28.3. The predicted octanol–water partition coefficient (Wildman–Crippen LogP) is 2.53. The monoisotopic (exact) mass is 380 g/mol. The van der Waals surface area contributed by atoms with E-state index >= 15 is 0 Å². The van der Waals surface area contributed by atoms with Gasteiger partial charge in [0.15, 0.2) is 0 Å². The summed E-state index contributed by atoms with van der Waals surface area (Å²) >= 11 is 0. The number of benzene rings is 1. The minimum absolute atomic E-state index is 0.0346. The molecule has 8 nitrogen and oxygen atoms in total. The van der Waals surface area contributed by atoms with Crippen molar-refractivity contribution in [1.29, 1.82) is 0 Å². The van der Waals surface area contributed by atoms with Crippen LogP contribution in [-0.4, -0.2) is 35.1 Å². The van der Waals surface area contributed by atoms with Gasteiger partial charge in [0, 0.05) is 17.8 Å². The average Bonchev–Trinajstić information content (AvgIpc) is 3.05. The van der Waals surface area contributed by atoms with Crippen molar-refractivity contribution in [3.05, 3.63) is 46.8 Å². The van der Waals surface area contributed by atoms with Gasteiger partial charge in [-0.05, 0) is 50.1 Å². The van der Waals surface area contributed by atoms with Gasteiger partial charge in [-0.1, -0.05) is 5.16 Å². The fourth-order valence-electron chi connectivity index (χ4n) is 3.27. The fraction of sp³-hybridized carbons (Fsp3) is 0.300. The highest BCUT2D eigenvalue weighted by Crippen LogP contribution is 2.26. The van der Waals surface area contributed by atoms with Crippen LogP contribution in [0.2, 0.25) is 0 Å². The first kappa shape index (κ1) is 18.0. The quantitative estimate of drug-likeness (QED) is 0.659. The maximum Gasteiger partial charge on any atom is 0.258 e. The largest absolute Gasteiger partial charge is 0.492 e. The number of carbonyl (C=O) groups is 2. The van der Waals surface area contributed by atoms with Crippen LogP contribution in [0.3, 0.4) is 0 Å². The van der Waals surface area contributed by atoms with Crippen LogP contribution < -0.4 is 15.4 Å². The molecular weight excluding hydrogens is 360 g/mol. The number of pyridine rings is 1. The third kappa shape index (κ3) is 3.53. The molecule has 0 aliphatic carbocycles. The normalized spacial score (nSPS) is 13.1. The van der Waals surface area contributed by atoms with E-state index in [4.69, 9.17) is 9.26 Å². The molecule has 0 atom stereocenters. The van der Waals surface area contributed by atoms with Gasteiger partial charge in [-0.25, -0.2) is 4.98 Å². The number of nitrogens with one attached hydrogen (secondary N) is 2. The number of amides is 2. The highest BCUT2D eigenvalue weighted by molar-refractivity contribution is 6.06. The molecule has 8 heteroatoms. The maximum atomic E-state index is 12.6. The molecule has 2 aromatic heterocycles. The predicted molar refractivity (Wildman–Crippen MR) is 102 cm³/mol. The number of ether oxygens (including phenoxy) is 1. The van der Waals surface area contributed by atoms with Gasteiger partial charge >= 0.3 is 0 Å². The molecule has 1 aliphatic heterocycles. The average molecular weight is 380 g/mol. The Balaban J connectivity index is 1.37. The summed E-state index contributed by atoms with van der Waals surface area (Å²) in [6, 6.07) is 7.29. The van der Waals surface area contributed by atoms with Crippen LogP contribution in [0, 0.1) is 13.8 Å². The van der Waals surface area contributed by atoms with Crippen LogP contribution in [0.15, 0.2) is 28.8 Å². The maximum absolute atomic E-state index is 12.6. The molecule has 0 unspecified atom stereocenters. The van der Waals surface area contributed by atoms with Crippen LogP contribution in [0.5, 0.6) is 5.75 Å². The Morgan fingerprint density at radius 2 is 2.14 bits per heavy atom. The summed E-state index contributed by atoms with van der Waals surface area (Å²) in [7, 11) is 0. The van der Waals surface area contributed by atoms with Crippen molar-refractivity contribution in [1.82, 2.24) is 15.5 Å². The van der Waals surface area contributed by atoms with Crippen molar-refractivity contribution in [3.8, 4) is 5.75 Å². The molecule has 28 heavy (non-hydrogen) atoms. The second-order valence-corrected chi connectivity index (χ2v) is 6.73. The lowest BCUT2D eigenvalue weighted by Crippen LogP contribution is -2.28. The Kier molecular flexibility index (Phi) is 4.68. The van der Waals surface area contributed by atoms with Gasteiger partial charge in [0.25, 0.3) is 11.6 Å². The third-order valence-electron chi connectivity index (χ3n) is 4.62. The van der Waals surface area contributed by atoms with E-state index in [-0.39, 0.29) is 11.8 Å². The molecule has 0 spiro atoms. The molecule has 0 saturated heterocycles. The van der Waals surface area contributed by atoms with Gasteiger partial charge in [-0.2, -0.15) is 0 Å². The first-order valence-corrected chi connectivity index (χ1v) is 9.08. The molecule has 3 heterocycles. The molecular formula is C20H20N4O4. The topological polar surface area (TPSA) is 106 Å². The van der Waals surface area contributed by atoms with E-state index < -0.39 is 0 Å². The molecule has 144 valence electrons. The molecule has 2 N–H and O–H groups in total. The summed E-state index contributed by atoms with van der Waals surface area (Å²) < 4.78 is 10.9. The van der Waals surface area contributed by atoms with Gasteiger partial charge in [-0.15, -0.1) is 0 Å². The zero-order valence-corrected chi connectivity index (χ0v) is 15.7. The summed E-state index contributed by atoms with van der Waals surface area (Å²) in [5.41, 5.74) is 4.05. The number of hydrogen-bond acceptors (Lipinski definition) is 6. The van der Waals surface area contributed by atoms with Crippen LogP contribution in [0.4, 0.5) is 5.69 Å². The van der Waals surface area contributed by atoms with Crippen molar-refractivity contribution in [3.63, 3.8) is 0 Å². The Bertz CT molecular complexity index is 1070. The zero-order chi connectivity index (χ0) is 19.7. The van der Waals surface area contributed by atoms with Gasteiger partial charge < -0.3 is 19.9 Å².